The summed E-state index contributed by atoms with van der Waals surface area (Å²) in [7, 11) is 0. The molecule has 0 bridgehead atoms. The van der Waals surface area contributed by atoms with Crippen LogP contribution in [0.3, 0.4) is 0 Å². The number of hydrogen-bond donors (Lipinski definition) is 2. The first-order valence-electron chi connectivity index (χ1n) is 4.20. The van der Waals surface area contributed by atoms with Crippen LogP contribution < -0.4 is 5.48 Å². The molecule has 0 aromatic carbocycles. The van der Waals surface area contributed by atoms with Crippen molar-refractivity contribution in [2.24, 2.45) is 0 Å². The van der Waals surface area contributed by atoms with Crippen molar-refractivity contribution in [3.63, 3.8) is 0 Å². The Hall–Kier alpha value is -0.850. The highest BCUT2D eigenvalue weighted by Gasteiger charge is 2.09. The molecule has 76 valence electrons. The van der Waals surface area contributed by atoms with Gasteiger partial charge in [-0.3, -0.25) is 9.74 Å². The minimum absolute atomic E-state index is 0.367. The predicted molar refractivity (Wildman–Crippen MR) is 44.4 cm³/mol. The van der Waals surface area contributed by atoms with Gasteiger partial charge in [0.15, 0.2) is 0 Å². The van der Waals surface area contributed by atoms with Crippen LogP contribution in [0.4, 0.5) is 4.79 Å². The third-order valence-electron chi connectivity index (χ3n) is 1.77. The maximum atomic E-state index is 9.98. The number of rotatable bonds is 4. The van der Waals surface area contributed by atoms with E-state index in [-0.39, 0.29) is 0 Å². The van der Waals surface area contributed by atoms with Crippen molar-refractivity contribution in [1.29, 1.82) is 0 Å². The van der Waals surface area contributed by atoms with Crippen LogP contribution in [0.2, 0.25) is 0 Å². The minimum atomic E-state index is -1.16. The second-order valence-electron chi connectivity index (χ2n) is 2.71. The molecule has 1 aliphatic heterocycles. The number of nitrogens with zero attached hydrogens (tertiary/aromatic N) is 1. The Bertz CT molecular complexity index is 159. The van der Waals surface area contributed by atoms with E-state index in [1.165, 1.54) is 0 Å². The molecule has 0 spiro atoms. The lowest BCUT2D eigenvalue weighted by Crippen LogP contribution is -2.39. The van der Waals surface area contributed by atoms with Gasteiger partial charge in [0.2, 0.25) is 0 Å². The first-order chi connectivity index (χ1) is 6.29. The van der Waals surface area contributed by atoms with Crippen LogP contribution in [0.25, 0.3) is 0 Å². The van der Waals surface area contributed by atoms with Gasteiger partial charge in [0.05, 0.1) is 19.8 Å². The number of nitrogens with one attached hydrogen (secondary N) is 1. The van der Waals surface area contributed by atoms with Crippen molar-refractivity contribution in [1.82, 2.24) is 10.4 Å². The number of carbonyl (C=O) groups is 1. The van der Waals surface area contributed by atoms with Crippen molar-refractivity contribution in [3.8, 4) is 0 Å². The molecule has 0 radical (unpaired) electrons. The van der Waals surface area contributed by atoms with E-state index in [9.17, 15) is 4.79 Å². The van der Waals surface area contributed by atoms with Crippen LogP contribution in [0.15, 0.2) is 0 Å². The highest BCUT2D eigenvalue weighted by atomic mass is 16.7. The molecule has 0 saturated carbocycles. The van der Waals surface area contributed by atoms with Crippen molar-refractivity contribution in [2.45, 2.75) is 0 Å². The lowest BCUT2D eigenvalue weighted by Gasteiger charge is -2.25. The molecule has 0 atom stereocenters. The Balaban J connectivity index is 1.95. The molecule has 1 amide bonds. The zero-order valence-corrected chi connectivity index (χ0v) is 7.36. The number of hydrogen-bond acceptors (Lipinski definition) is 4. The first-order valence-corrected chi connectivity index (χ1v) is 4.20. The summed E-state index contributed by atoms with van der Waals surface area (Å²) in [6.07, 6.45) is -1.16. The monoisotopic (exact) mass is 190 g/mol. The third-order valence-corrected chi connectivity index (χ3v) is 1.77. The number of hydroxylamine groups is 1. The molecule has 0 aromatic rings. The van der Waals surface area contributed by atoms with Crippen LogP contribution in [0.5, 0.6) is 0 Å². The zero-order valence-electron chi connectivity index (χ0n) is 7.36. The van der Waals surface area contributed by atoms with E-state index >= 15 is 0 Å². The van der Waals surface area contributed by atoms with Crippen LogP contribution in [0.1, 0.15) is 0 Å². The fourth-order valence-corrected chi connectivity index (χ4v) is 1.11. The van der Waals surface area contributed by atoms with Gasteiger partial charge in [0, 0.05) is 19.6 Å². The van der Waals surface area contributed by atoms with E-state index in [0.29, 0.717) is 6.61 Å². The van der Waals surface area contributed by atoms with Crippen LogP contribution in [0, 0.1) is 0 Å². The first kappa shape index (κ1) is 10.2. The Kier molecular flexibility index (Phi) is 4.52. The molecule has 1 aliphatic rings. The molecule has 6 nitrogen and oxygen atoms in total. The van der Waals surface area contributed by atoms with Crippen molar-refractivity contribution >= 4 is 6.09 Å². The Morgan fingerprint density at radius 2 is 2.23 bits per heavy atom. The minimum Gasteiger partial charge on any atom is -0.464 e. The quantitative estimate of drug-likeness (QED) is 0.462. The Morgan fingerprint density at radius 1 is 1.54 bits per heavy atom. The Labute approximate surface area is 76.4 Å². The average molecular weight is 190 g/mol. The highest BCUT2D eigenvalue weighted by molar-refractivity contribution is 5.62. The molecule has 0 unspecified atom stereocenters. The molecule has 0 aliphatic carbocycles. The summed E-state index contributed by atoms with van der Waals surface area (Å²) >= 11 is 0. The largest absolute Gasteiger partial charge is 0.464 e. The second-order valence-corrected chi connectivity index (χ2v) is 2.71. The molecular weight excluding hydrogens is 176 g/mol. The van der Waals surface area contributed by atoms with E-state index in [4.69, 9.17) is 9.84 Å². The molecule has 1 heterocycles. The predicted octanol–water partition coefficient (Wildman–Crippen LogP) is -0.482. The third kappa shape index (κ3) is 4.66. The van der Waals surface area contributed by atoms with Gasteiger partial charge in [-0.1, -0.05) is 0 Å². The lowest BCUT2D eigenvalue weighted by atomic mass is 10.4. The highest BCUT2D eigenvalue weighted by Crippen LogP contribution is 1.95. The standard InChI is InChI=1S/C7H14N2O4/c10-7(11)8-13-6-3-9-1-4-12-5-2-9/h8H,1-6H2,(H,10,11). The summed E-state index contributed by atoms with van der Waals surface area (Å²) in [5, 5.41) is 8.18. The van der Waals surface area contributed by atoms with Crippen molar-refractivity contribution in [2.75, 3.05) is 39.5 Å². The number of carboxylic acid groups (broad SMARTS) is 1. The maximum absolute atomic E-state index is 9.98. The molecular formula is C7H14N2O4. The summed E-state index contributed by atoms with van der Waals surface area (Å²) in [6, 6.07) is 0. The zero-order chi connectivity index (χ0) is 9.52. The van der Waals surface area contributed by atoms with E-state index in [0.717, 1.165) is 32.8 Å². The summed E-state index contributed by atoms with van der Waals surface area (Å²) in [5.41, 5.74) is 1.84. The smallest absolute Gasteiger partial charge is 0.428 e. The second kappa shape index (κ2) is 5.74. The molecule has 1 rings (SSSR count). The van der Waals surface area contributed by atoms with Crippen LogP contribution >= 0.6 is 0 Å². The molecule has 6 heteroatoms. The topological polar surface area (TPSA) is 71.0 Å². The number of ether oxygens (including phenoxy) is 1. The van der Waals surface area contributed by atoms with Gasteiger partial charge in [0.25, 0.3) is 0 Å². The van der Waals surface area contributed by atoms with Gasteiger partial charge in [-0.25, -0.2) is 4.79 Å². The molecule has 0 aromatic heterocycles. The summed E-state index contributed by atoms with van der Waals surface area (Å²) in [6.45, 7) is 4.35. The van der Waals surface area contributed by atoms with E-state index in [1.807, 2.05) is 5.48 Å². The van der Waals surface area contributed by atoms with Gasteiger partial charge in [-0.05, 0) is 0 Å². The van der Waals surface area contributed by atoms with E-state index in [2.05, 4.69) is 9.74 Å². The molecule has 2 N–H and O–H groups in total. The molecule has 13 heavy (non-hydrogen) atoms. The fraction of sp³-hybridized carbons (Fsp3) is 0.857. The molecule has 1 saturated heterocycles. The van der Waals surface area contributed by atoms with Gasteiger partial charge < -0.3 is 9.84 Å². The van der Waals surface area contributed by atoms with Gasteiger partial charge in [-0.15, -0.1) is 0 Å². The summed E-state index contributed by atoms with van der Waals surface area (Å²) in [5.74, 6) is 0. The van der Waals surface area contributed by atoms with E-state index < -0.39 is 6.09 Å². The lowest BCUT2D eigenvalue weighted by molar-refractivity contribution is -0.000767. The van der Waals surface area contributed by atoms with Crippen LogP contribution in [-0.4, -0.2) is 55.6 Å². The normalized spacial score (nSPS) is 18.5. The SMILES string of the molecule is O=C(O)NOCCN1CCOCC1. The van der Waals surface area contributed by atoms with Crippen molar-refractivity contribution in [3.05, 3.63) is 0 Å². The van der Waals surface area contributed by atoms with Crippen molar-refractivity contribution < 1.29 is 19.5 Å². The Morgan fingerprint density at radius 3 is 2.85 bits per heavy atom. The van der Waals surface area contributed by atoms with Gasteiger partial charge in [-0.2, -0.15) is 5.48 Å². The van der Waals surface area contributed by atoms with Gasteiger partial charge >= 0.3 is 6.09 Å². The average Bonchev–Trinajstić information content (AvgIpc) is 2.14. The number of amides is 1. The maximum Gasteiger partial charge on any atom is 0.428 e. The van der Waals surface area contributed by atoms with E-state index in [1.54, 1.807) is 0 Å². The molecule has 1 fully saturated rings. The summed E-state index contributed by atoms with van der Waals surface area (Å²) in [4.78, 5) is 16.8. The van der Waals surface area contributed by atoms with Crippen LogP contribution in [-0.2, 0) is 9.57 Å². The number of morpholine rings is 1. The van der Waals surface area contributed by atoms with Gasteiger partial charge in [0.1, 0.15) is 0 Å². The fourth-order valence-electron chi connectivity index (χ4n) is 1.11. The summed E-state index contributed by atoms with van der Waals surface area (Å²) < 4.78 is 5.15.